The average molecular weight is 424 g/mol. The molecule has 2 unspecified atom stereocenters. The number of benzene rings is 1. The molecule has 2 aliphatic rings. The van der Waals surface area contributed by atoms with E-state index in [1.807, 2.05) is 5.38 Å². The molecule has 1 aromatic carbocycles. The Balaban J connectivity index is 1.60. The fourth-order valence-corrected chi connectivity index (χ4v) is 5.59. The lowest BCUT2D eigenvalue weighted by molar-refractivity contribution is -0.200. The van der Waals surface area contributed by atoms with Crippen molar-refractivity contribution in [2.24, 2.45) is 0 Å². The molecule has 5 rings (SSSR count). The second-order valence-corrected chi connectivity index (χ2v) is 8.94. The smallest absolute Gasteiger partial charge is 0.421 e. The number of nitrogens with one attached hydrogen (secondary N) is 1. The van der Waals surface area contributed by atoms with E-state index in [1.54, 1.807) is 12.3 Å². The van der Waals surface area contributed by atoms with Gasteiger partial charge in [0.05, 0.1) is 10.2 Å². The van der Waals surface area contributed by atoms with Crippen molar-refractivity contribution in [3.05, 3.63) is 23.7 Å². The van der Waals surface area contributed by atoms with Crippen LogP contribution in [0, 0.1) is 0 Å². The summed E-state index contributed by atoms with van der Waals surface area (Å²) < 4.78 is 32.8. The van der Waals surface area contributed by atoms with Gasteiger partial charge in [-0.2, -0.15) is 8.78 Å². The van der Waals surface area contributed by atoms with Gasteiger partial charge in [0.15, 0.2) is 5.13 Å². The topological polar surface area (TPSA) is 70.5 Å². The highest BCUT2D eigenvalue weighted by Gasteiger charge is 2.35. The van der Waals surface area contributed by atoms with Gasteiger partial charge in [0.25, 0.3) is 0 Å². The maximum atomic E-state index is 13.7. The highest BCUT2D eigenvalue weighted by Crippen LogP contribution is 2.43. The van der Waals surface area contributed by atoms with E-state index < -0.39 is 12.7 Å². The fraction of sp³-hybridized carbons (Fsp3) is 0.444. The van der Waals surface area contributed by atoms with Crippen LogP contribution in [0.2, 0.25) is 0 Å². The summed E-state index contributed by atoms with van der Waals surface area (Å²) >= 11 is 2.82. The zero-order valence-electron chi connectivity index (χ0n) is 14.8. The van der Waals surface area contributed by atoms with E-state index in [-0.39, 0.29) is 5.75 Å². The molecule has 148 valence electrons. The lowest BCUT2D eigenvalue weighted by atomic mass is 10.2. The number of thiazole rings is 2. The summed E-state index contributed by atoms with van der Waals surface area (Å²) in [7, 11) is 0. The van der Waals surface area contributed by atoms with Gasteiger partial charge in [0, 0.05) is 42.3 Å². The van der Waals surface area contributed by atoms with E-state index in [0.29, 0.717) is 22.3 Å². The fourth-order valence-electron chi connectivity index (χ4n) is 3.86. The summed E-state index contributed by atoms with van der Waals surface area (Å²) in [6.07, 6.45) is 0.354. The molecule has 0 spiro atoms. The zero-order chi connectivity index (χ0) is 19.3. The third-order valence-corrected chi connectivity index (χ3v) is 7.03. The van der Waals surface area contributed by atoms with Gasteiger partial charge in [-0.3, -0.25) is 0 Å². The number of halogens is 2. The highest BCUT2D eigenvalue weighted by atomic mass is 32.1. The van der Waals surface area contributed by atoms with Crippen LogP contribution in [0.15, 0.2) is 23.7 Å². The minimum Gasteiger partial charge on any atom is -0.429 e. The number of piperazine rings is 1. The first kappa shape index (κ1) is 18.2. The molecule has 6 nitrogen and oxygen atoms in total. The SMILES string of the molecule is OCC(F)(F)Oc1ccc(-c2nccs2)c2nc(N3CC4CCC(C3)N4)sc12. The molecule has 0 radical (unpaired) electrons. The molecule has 0 saturated carbocycles. The van der Waals surface area contributed by atoms with Crippen LogP contribution in [0.5, 0.6) is 5.75 Å². The molecule has 2 aliphatic heterocycles. The Morgan fingerprint density at radius 2 is 2.07 bits per heavy atom. The molecule has 2 N–H and O–H groups in total. The molecule has 28 heavy (non-hydrogen) atoms. The summed E-state index contributed by atoms with van der Waals surface area (Å²) in [6, 6.07) is 4.10. The van der Waals surface area contributed by atoms with Crippen LogP contribution in [0.1, 0.15) is 12.8 Å². The normalized spacial score (nSPS) is 22.2. The van der Waals surface area contributed by atoms with E-state index in [0.717, 1.165) is 41.6 Å². The summed E-state index contributed by atoms with van der Waals surface area (Å²) in [4.78, 5) is 11.4. The van der Waals surface area contributed by atoms with Crippen LogP contribution < -0.4 is 15.0 Å². The van der Waals surface area contributed by atoms with Crippen LogP contribution in [-0.4, -0.2) is 53.0 Å². The monoisotopic (exact) mass is 424 g/mol. The Bertz CT molecular complexity index is 983. The van der Waals surface area contributed by atoms with Gasteiger partial charge in [-0.05, 0) is 25.0 Å². The molecule has 3 aromatic rings. The predicted molar refractivity (Wildman–Crippen MR) is 106 cm³/mol. The molecular formula is C18H18F2N4O2S2. The number of hydrogen-bond acceptors (Lipinski definition) is 8. The van der Waals surface area contributed by atoms with Gasteiger partial charge in [0.2, 0.25) is 0 Å². The summed E-state index contributed by atoms with van der Waals surface area (Å²) in [5, 5.41) is 15.9. The van der Waals surface area contributed by atoms with E-state index >= 15 is 0 Å². The Morgan fingerprint density at radius 1 is 1.29 bits per heavy atom. The average Bonchev–Trinajstić information content (AvgIpc) is 3.42. The number of aliphatic hydroxyl groups is 1. The highest BCUT2D eigenvalue weighted by molar-refractivity contribution is 7.22. The first-order valence-electron chi connectivity index (χ1n) is 9.04. The molecule has 4 heterocycles. The minimum atomic E-state index is -3.64. The van der Waals surface area contributed by atoms with Crippen molar-refractivity contribution >= 4 is 38.0 Å². The van der Waals surface area contributed by atoms with Gasteiger partial charge in [-0.15, -0.1) is 11.3 Å². The first-order valence-corrected chi connectivity index (χ1v) is 10.7. The minimum absolute atomic E-state index is 0.0243. The Kier molecular flexibility index (Phi) is 4.46. The van der Waals surface area contributed by atoms with Gasteiger partial charge < -0.3 is 20.1 Å². The summed E-state index contributed by atoms with van der Waals surface area (Å²) in [5.74, 6) is 0.0243. The second-order valence-electron chi connectivity index (χ2n) is 7.06. The Labute approximate surface area is 167 Å². The van der Waals surface area contributed by atoms with Crippen molar-refractivity contribution in [3.8, 4) is 16.3 Å². The summed E-state index contributed by atoms with van der Waals surface area (Å²) in [5.41, 5.74) is 1.40. The van der Waals surface area contributed by atoms with Crippen LogP contribution >= 0.6 is 22.7 Å². The van der Waals surface area contributed by atoms with E-state index in [9.17, 15) is 8.78 Å². The number of rotatable bonds is 5. The van der Waals surface area contributed by atoms with Gasteiger partial charge in [0.1, 0.15) is 17.4 Å². The number of anilines is 1. The molecule has 0 aliphatic carbocycles. The number of hydrogen-bond donors (Lipinski definition) is 2. The Hall–Kier alpha value is -1.88. The largest absolute Gasteiger partial charge is 0.429 e. The summed E-state index contributed by atoms with van der Waals surface area (Å²) in [6.45, 7) is 0.327. The van der Waals surface area contributed by atoms with Crippen LogP contribution in [0.3, 0.4) is 0 Å². The molecule has 0 amide bonds. The van der Waals surface area contributed by atoms with Gasteiger partial charge in [-0.1, -0.05) is 11.3 Å². The third-order valence-electron chi connectivity index (χ3n) is 5.09. The van der Waals surface area contributed by atoms with E-state index in [2.05, 4.69) is 15.2 Å². The molecular weight excluding hydrogens is 406 g/mol. The Morgan fingerprint density at radius 3 is 2.75 bits per heavy atom. The van der Waals surface area contributed by atoms with Crippen LogP contribution in [-0.2, 0) is 0 Å². The first-order chi connectivity index (χ1) is 13.5. The maximum absolute atomic E-state index is 13.7. The van der Waals surface area contributed by atoms with E-state index in [1.165, 1.54) is 28.7 Å². The van der Waals surface area contributed by atoms with Crippen molar-refractivity contribution in [3.63, 3.8) is 0 Å². The molecule has 2 fully saturated rings. The third kappa shape index (κ3) is 3.24. The van der Waals surface area contributed by atoms with Gasteiger partial charge >= 0.3 is 6.11 Å². The maximum Gasteiger partial charge on any atom is 0.421 e. The van der Waals surface area contributed by atoms with Crippen molar-refractivity contribution in [2.45, 2.75) is 31.0 Å². The van der Waals surface area contributed by atoms with Crippen molar-refractivity contribution in [1.82, 2.24) is 15.3 Å². The number of nitrogens with zero attached hydrogens (tertiary/aromatic N) is 3. The lowest BCUT2D eigenvalue weighted by Crippen LogP contribution is -2.51. The molecule has 10 heteroatoms. The van der Waals surface area contributed by atoms with Crippen molar-refractivity contribution < 1.29 is 18.6 Å². The quantitative estimate of drug-likeness (QED) is 0.655. The number of aromatic nitrogens is 2. The van der Waals surface area contributed by atoms with Crippen molar-refractivity contribution in [2.75, 3.05) is 24.6 Å². The van der Waals surface area contributed by atoms with E-state index in [4.69, 9.17) is 14.8 Å². The lowest BCUT2D eigenvalue weighted by Gasteiger charge is -2.32. The molecule has 2 saturated heterocycles. The van der Waals surface area contributed by atoms with Crippen LogP contribution in [0.25, 0.3) is 20.8 Å². The number of fused-ring (bicyclic) bond motifs is 3. The number of aliphatic hydroxyl groups excluding tert-OH is 1. The number of ether oxygens (including phenoxy) is 1. The molecule has 2 aromatic heterocycles. The van der Waals surface area contributed by atoms with Gasteiger partial charge in [-0.25, -0.2) is 9.97 Å². The molecule has 2 bridgehead atoms. The van der Waals surface area contributed by atoms with Crippen LogP contribution in [0.4, 0.5) is 13.9 Å². The predicted octanol–water partition coefficient (Wildman–Crippen LogP) is 3.32. The standard InChI is InChI=1S/C18H18F2N4O2S2/c19-18(20,9-25)26-13-4-3-12(16-21-5-6-27-16)14-15(13)28-17(23-14)24-7-10-1-2-11(8-24)22-10/h3-6,10-11,22,25H,1-2,7-9H2. The number of alkyl halides is 2. The van der Waals surface area contributed by atoms with Crippen molar-refractivity contribution in [1.29, 1.82) is 0 Å². The second kappa shape index (κ2) is 6.87. The molecule has 2 atom stereocenters. The zero-order valence-corrected chi connectivity index (χ0v) is 16.4.